The molecule has 1 saturated carbocycles. The maximum Gasteiger partial charge on any atom is 0.319 e. The lowest BCUT2D eigenvalue weighted by atomic mass is 9.93. The van der Waals surface area contributed by atoms with Gasteiger partial charge in [-0.2, -0.15) is 0 Å². The van der Waals surface area contributed by atoms with E-state index in [9.17, 15) is 17.6 Å². The van der Waals surface area contributed by atoms with Crippen molar-refractivity contribution < 1.29 is 17.6 Å². The third kappa shape index (κ3) is 3.42. The Balaban J connectivity index is 2.18. The molecule has 2 amide bonds. The predicted molar refractivity (Wildman–Crippen MR) is 67.6 cm³/mol. The van der Waals surface area contributed by atoms with E-state index in [4.69, 9.17) is 5.14 Å². The standard InChI is InChI=1S/C11H14FN3O3S/c12-7-4-5-10(19(13,17)18)9(6-7)15-11(16)14-8-2-1-3-8/h4-6,8H,1-3H2,(H2,13,17,18)(H2,14,15,16). The van der Waals surface area contributed by atoms with E-state index in [2.05, 4.69) is 10.6 Å². The molecule has 19 heavy (non-hydrogen) atoms. The fourth-order valence-corrected chi connectivity index (χ4v) is 2.42. The summed E-state index contributed by atoms with van der Waals surface area (Å²) in [4.78, 5) is 11.3. The molecule has 0 radical (unpaired) electrons. The average molecular weight is 287 g/mol. The minimum atomic E-state index is -4.03. The quantitative estimate of drug-likeness (QED) is 0.777. The predicted octanol–water partition coefficient (Wildman–Crippen LogP) is 1.15. The molecule has 104 valence electrons. The van der Waals surface area contributed by atoms with Gasteiger partial charge in [0, 0.05) is 6.04 Å². The zero-order chi connectivity index (χ0) is 14.0. The number of carbonyl (C=O) groups is 1. The molecule has 1 aliphatic rings. The zero-order valence-electron chi connectivity index (χ0n) is 10.0. The van der Waals surface area contributed by atoms with Crippen molar-refractivity contribution >= 4 is 21.7 Å². The lowest BCUT2D eigenvalue weighted by molar-refractivity contribution is 0.240. The molecule has 0 saturated heterocycles. The van der Waals surface area contributed by atoms with Crippen LogP contribution in [0.4, 0.5) is 14.9 Å². The SMILES string of the molecule is NS(=O)(=O)c1ccc(F)cc1NC(=O)NC1CCC1. The lowest BCUT2D eigenvalue weighted by Gasteiger charge is -2.26. The summed E-state index contributed by atoms with van der Waals surface area (Å²) >= 11 is 0. The summed E-state index contributed by atoms with van der Waals surface area (Å²) in [6.07, 6.45) is 2.82. The highest BCUT2D eigenvalue weighted by atomic mass is 32.2. The van der Waals surface area contributed by atoms with Crippen molar-refractivity contribution in [3.63, 3.8) is 0 Å². The third-order valence-electron chi connectivity index (χ3n) is 2.94. The van der Waals surface area contributed by atoms with Crippen molar-refractivity contribution in [3.8, 4) is 0 Å². The second-order valence-electron chi connectivity index (χ2n) is 4.41. The van der Waals surface area contributed by atoms with E-state index in [1.165, 1.54) is 0 Å². The molecule has 0 aliphatic heterocycles. The number of hydrogen-bond donors (Lipinski definition) is 3. The minimum Gasteiger partial charge on any atom is -0.335 e. The van der Waals surface area contributed by atoms with Crippen molar-refractivity contribution in [1.29, 1.82) is 0 Å². The van der Waals surface area contributed by atoms with E-state index >= 15 is 0 Å². The molecule has 1 aromatic rings. The van der Waals surface area contributed by atoms with Crippen LogP contribution in [0.2, 0.25) is 0 Å². The average Bonchev–Trinajstić information content (AvgIpc) is 2.22. The van der Waals surface area contributed by atoms with E-state index in [-0.39, 0.29) is 16.6 Å². The Morgan fingerprint density at radius 3 is 2.58 bits per heavy atom. The number of amides is 2. The molecule has 0 atom stereocenters. The number of carbonyl (C=O) groups excluding carboxylic acids is 1. The van der Waals surface area contributed by atoms with Crippen LogP contribution < -0.4 is 15.8 Å². The number of nitrogens with one attached hydrogen (secondary N) is 2. The number of nitrogens with two attached hydrogens (primary N) is 1. The monoisotopic (exact) mass is 287 g/mol. The van der Waals surface area contributed by atoms with Crippen LogP contribution in [0.5, 0.6) is 0 Å². The van der Waals surface area contributed by atoms with Crippen molar-refractivity contribution in [1.82, 2.24) is 5.32 Å². The number of anilines is 1. The molecule has 1 aromatic carbocycles. The molecule has 1 fully saturated rings. The van der Waals surface area contributed by atoms with Crippen molar-refractivity contribution in [2.45, 2.75) is 30.2 Å². The fraction of sp³-hybridized carbons (Fsp3) is 0.364. The number of rotatable bonds is 3. The molecule has 2 rings (SSSR count). The molecule has 0 unspecified atom stereocenters. The Bertz CT molecular complexity index is 599. The summed E-state index contributed by atoms with van der Waals surface area (Å²) < 4.78 is 35.8. The largest absolute Gasteiger partial charge is 0.335 e. The van der Waals surface area contributed by atoms with E-state index in [0.717, 1.165) is 37.5 Å². The summed E-state index contributed by atoms with van der Waals surface area (Å²) in [5, 5.41) is 9.96. The Hall–Kier alpha value is -1.67. The zero-order valence-corrected chi connectivity index (χ0v) is 10.8. The second kappa shape index (κ2) is 5.14. The summed E-state index contributed by atoms with van der Waals surface area (Å²) in [7, 11) is -4.03. The van der Waals surface area contributed by atoms with Gasteiger partial charge in [0.25, 0.3) is 0 Å². The van der Waals surface area contributed by atoms with Crippen LogP contribution >= 0.6 is 0 Å². The molecule has 0 heterocycles. The topological polar surface area (TPSA) is 101 Å². The molecular weight excluding hydrogens is 273 g/mol. The van der Waals surface area contributed by atoms with E-state index in [1.54, 1.807) is 0 Å². The maximum absolute atomic E-state index is 13.1. The number of benzene rings is 1. The second-order valence-corrected chi connectivity index (χ2v) is 5.94. The first-order valence-corrected chi connectivity index (χ1v) is 7.31. The number of primary sulfonamides is 1. The van der Waals surface area contributed by atoms with Crippen LogP contribution in [0, 0.1) is 5.82 Å². The summed E-state index contributed by atoms with van der Waals surface area (Å²) in [6.45, 7) is 0. The molecule has 0 aromatic heterocycles. The van der Waals surface area contributed by atoms with Crippen LogP contribution in [0.15, 0.2) is 23.1 Å². The number of urea groups is 1. The molecular formula is C11H14FN3O3S. The smallest absolute Gasteiger partial charge is 0.319 e. The van der Waals surface area contributed by atoms with E-state index < -0.39 is 21.9 Å². The highest BCUT2D eigenvalue weighted by Crippen LogP contribution is 2.22. The first-order chi connectivity index (χ1) is 8.86. The van der Waals surface area contributed by atoms with Gasteiger partial charge in [0.1, 0.15) is 10.7 Å². The number of halogens is 1. The van der Waals surface area contributed by atoms with E-state index in [1.807, 2.05) is 0 Å². The van der Waals surface area contributed by atoms with Gasteiger partial charge in [-0.15, -0.1) is 0 Å². The van der Waals surface area contributed by atoms with Gasteiger partial charge in [0.2, 0.25) is 10.0 Å². The molecule has 6 nitrogen and oxygen atoms in total. The van der Waals surface area contributed by atoms with Gasteiger partial charge in [-0.05, 0) is 37.5 Å². The van der Waals surface area contributed by atoms with Gasteiger partial charge in [0.05, 0.1) is 5.69 Å². The number of hydrogen-bond acceptors (Lipinski definition) is 3. The van der Waals surface area contributed by atoms with Crippen LogP contribution in [0.1, 0.15) is 19.3 Å². The van der Waals surface area contributed by atoms with Gasteiger partial charge in [0.15, 0.2) is 0 Å². The van der Waals surface area contributed by atoms with Gasteiger partial charge >= 0.3 is 6.03 Å². The van der Waals surface area contributed by atoms with Crippen LogP contribution in [0.3, 0.4) is 0 Å². The summed E-state index contributed by atoms with van der Waals surface area (Å²) in [6, 6.07) is 2.42. The highest BCUT2D eigenvalue weighted by molar-refractivity contribution is 7.89. The first kappa shape index (κ1) is 13.8. The van der Waals surface area contributed by atoms with Crippen molar-refractivity contribution in [2.24, 2.45) is 5.14 Å². The van der Waals surface area contributed by atoms with Crippen LogP contribution in [0.25, 0.3) is 0 Å². The van der Waals surface area contributed by atoms with Gasteiger partial charge < -0.3 is 10.6 Å². The Labute approximate surface area is 110 Å². The first-order valence-electron chi connectivity index (χ1n) is 5.76. The Kier molecular flexibility index (Phi) is 3.72. The van der Waals surface area contributed by atoms with Gasteiger partial charge in [-0.25, -0.2) is 22.7 Å². The van der Waals surface area contributed by atoms with Gasteiger partial charge in [-0.1, -0.05) is 0 Å². The number of sulfonamides is 1. The lowest BCUT2D eigenvalue weighted by Crippen LogP contribution is -2.42. The minimum absolute atomic E-state index is 0.0893. The maximum atomic E-state index is 13.1. The van der Waals surface area contributed by atoms with Crippen molar-refractivity contribution in [2.75, 3.05) is 5.32 Å². The molecule has 0 bridgehead atoms. The molecule has 0 spiro atoms. The van der Waals surface area contributed by atoms with Crippen LogP contribution in [-0.4, -0.2) is 20.5 Å². The Morgan fingerprint density at radius 1 is 1.37 bits per heavy atom. The molecule has 8 heteroatoms. The summed E-state index contributed by atoms with van der Waals surface area (Å²) in [5.41, 5.74) is -0.167. The molecule has 1 aliphatic carbocycles. The molecule has 4 N–H and O–H groups in total. The Morgan fingerprint density at radius 2 is 2.05 bits per heavy atom. The van der Waals surface area contributed by atoms with Crippen molar-refractivity contribution in [3.05, 3.63) is 24.0 Å². The van der Waals surface area contributed by atoms with E-state index in [0.29, 0.717) is 0 Å². The normalized spacial score (nSPS) is 15.7. The third-order valence-corrected chi connectivity index (χ3v) is 3.91. The summed E-state index contributed by atoms with van der Waals surface area (Å²) in [5.74, 6) is -0.661. The van der Waals surface area contributed by atoms with Crippen LogP contribution in [-0.2, 0) is 10.0 Å². The highest BCUT2D eigenvalue weighted by Gasteiger charge is 2.21. The fourth-order valence-electron chi connectivity index (χ4n) is 1.74. The van der Waals surface area contributed by atoms with Gasteiger partial charge in [-0.3, -0.25) is 0 Å².